The molecule has 6 nitrogen and oxygen atoms in total. The average Bonchev–Trinajstić information content (AvgIpc) is 2.41. The molecule has 1 aliphatic rings. The van der Waals surface area contributed by atoms with Crippen LogP contribution in [-0.2, 0) is 4.74 Å². The highest BCUT2D eigenvalue weighted by Crippen LogP contribution is 2.19. The first kappa shape index (κ1) is 18.7. The number of aliphatic imine (C=N–C) groups is 1. The number of hydrogen-bond acceptors (Lipinski definition) is 3. The number of carbonyl (C=O) groups is 1. The van der Waals surface area contributed by atoms with E-state index in [1.807, 2.05) is 39.8 Å². The van der Waals surface area contributed by atoms with Crippen LogP contribution in [0.5, 0.6) is 0 Å². The SMILES string of the molecule is CN(C)/C=N\C(=S)NCC1CCN(C(=O)OC(C)(C)C)CC1. The summed E-state index contributed by atoms with van der Waals surface area (Å²) in [6.45, 7) is 7.92. The number of nitrogens with zero attached hydrogens (tertiary/aromatic N) is 3. The van der Waals surface area contributed by atoms with E-state index < -0.39 is 5.60 Å². The molecule has 7 heteroatoms. The lowest BCUT2D eigenvalue weighted by Gasteiger charge is -2.33. The third-order valence-corrected chi connectivity index (χ3v) is 3.46. The normalized spacial score (nSPS) is 16.7. The molecule has 0 aromatic carbocycles. The van der Waals surface area contributed by atoms with E-state index in [0.29, 0.717) is 11.0 Å². The lowest BCUT2D eigenvalue weighted by molar-refractivity contribution is 0.0185. The van der Waals surface area contributed by atoms with E-state index in [1.165, 1.54) is 0 Å². The molecule has 0 aliphatic carbocycles. The van der Waals surface area contributed by atoms with Crippen LogP contribution in [0.15, 0.2) is 4.99 Å². The van der Waals surface area contributed by atoms with E-state index in [-0.39, 0.29) is 6.09 Å². The van der Waals surface area contributed by atoms with E-state index >= 15 is 0 Å². The Morgan fingerprint density at radius 1 is 1.41 bits per heavy atom. The minimum atomic E-state index is -0.438. The Bertz CT molecular complexity index is 410. The molecule has 0 bridgehead atoms. The Kier molecular flexibility index (Phi) is 7.06. The Hall–Kier alpha value is -1.37. The molecule has 0 spiro atoms. The Balaban J connectivity index is 2.28. The largest absolute Gasteiger partial charge is 0.444 e. The lowest BCUT2D eigenvalue weighted by Crippen LogP contribution is -2.43. The van der Waals surface area contributed by atoms with Gasteiger partial charge in [0.2, 0.25) is 0 Å². The molecule has 1 fully saturated rings. The van der Waals surface area contributed by atoms with Gasteiger partial charge in [-0.15, -0.1) is 0 Å². The molecule has 1 aliphatic heterocycles. The number of hydrogen-bond donors (Lipinski definition) is 1. The van der Waals surface area contributed by atoms with E-state index in [1.54, 1.807) is 11.2 Å². The summed E-state index contributed by atoms with van der Waals surface area (Å²) in [6, 6.07) is 0. The summed E-state index contributed by atoms with van der Waals surface area (Å²) in [5, 5.41) is 3.67. The number of nitrogens with one attached hydrogen (secondary N) is 1. The van der Waals surface area contributed by atoms with Gasteiger partial charge in [0.05, 0.1) is 6.34 Å². The number of thiocarbonyl (C=S) groups is 1. The molecule has 0 saturated carbocycles. The minimum Gasteiger partial charge on any atom is -0.444 e. The van der Waals surface area contributed by atoms with Crippen molar-refractivity contribution in [3.05, 3.63) is 0 Å². The number of amides is 1. The van der Waals surface area contributed by atoms with Gasteiger partial charge in [-0.2, -0.15) is 0 Å². The van der Waals surface area contributed by atoms with Crippen LogP contribution in [0.3, 0.4) is 0 Å². The van der Waals surface area contributed by atoms with Crippen LogP contribution in [0.2, 0.25) is 0 Å². The summed E-state index contributed by atoms with van der Waals surface area (Å²) in [6.07, 6.45) is 3.36. The quantitative estimate of drug-likeness (QED) is 0.488. The van der Waals surface area contributed by atoms with E-state index in [2.05, 4.69) is 10.3 Å². The second-order valence-electron chi connectivity index (χ2n) is 6.81. The molecule has 22 heavy (non-hydrogen) atoms. The Labute approximate surface area is 138 Å². The number of carbonyl (C=O) groups excluding carboxylic acids is 1. The van der Waals surface area contributed by atoms with Gasteiger partial charge in [-0.1, -0.05) is 0 Å². The summed E-state index contributed by atoms with van der Waals surface area (Å²) in [4.78, 5) is 19.7. The molecule has 126 valence electrons. The number of rotatable bonds is 3. The maximum absolute atomic E-state index is 12.0. The number of piperidine rings is 1. The van der Waals surface area contributed by atoms with Crippen LogP contribution in [-0.4, -0.2) is 66.7 Å². The van der Waals surface area contributed by atoms with Crippen molar-refractivity contribution in [3.8, 4) is 0 Å². The van der Waals surface area contributed by atoms with Crippen LogP contribution in [0.25, 0.3) is 0 Å². The maximum atomic E-state index is 12.0. The second kappa shape index (κ2) is 8.31. The fourth-order valence-corrected chi connectivity index (χ4v) is 2.22. The second-order valence-corrected chi connectivity index (χ2v) is 7.19. The monoisotopic (exact) mass is 328 g/mol. The van der Waals surface area contributed by atoms with Crippen molar-refractivity contribution in [1.29, 1.82) is 0 Å². The highest BCUT2D eigenvalue weighted by atomic mass is 32.1. The Morgan fingerprint density at radius 3 is 2.50 bits per heavy atom. The molecule has 1 rings (SSSR count). The molecule has 1 N–H and O–H groups in total. The molecular weight excluding hydrogens is 300 g/mol. The van der Waals surface area contributed by atoms with Gasteiger partial charge >= 0.3 is 6.09 Å². The molecule has 0 aromatic rings. The molecule has 0 radical (unpaired) electrons. The molecule has 1 heterocycles. The molecule has 0 unspecified atom stereocenters. The molecule has 1 amide bonds. The smallest absolute Gasteiger partial charge is 0.410 e. The zero-order valence-corrected chi connectivity index (χ0v) is 15.1. The summed E-state index contributed by atoms with van der Waals surface area (Å²) in [5.41, 5.74) is -0.438. The van der Waals surface area contributed by atoms with Gasteiger partial charge in [0, 0.05) is 33.7 Å². The number of likely N-dealkylation sites (tertiary alicyclic amines) is 1. The fourth-order valence-electron chi connectivity index (χ4n) is 2.09. The van der Waals surface area contributed by atoms with Crippen LogP contribution < -0.4 is 5.32 Å². The van der Waals surface area contributed by atoms with Crippen molar-refractivity contribution in [1.82, 2.24) is 15.1 Å². The first-order chi connectivity index (χ1) is 10.2. The minimum absolute atomic E-state index is 0.218. The predicted molar refractivity (Wildman–Crippen MR) is 93.3 cm³/mol. The third kappa shape index (κ3) is 7.59. The van der Waals surface area contributed by atoms with Crippen LogP contribution in [0, 0.1) is 5.92 Å². The van der Waals surface area contributed by atoms with Crippen LogP contribution >= 0.6 is 12.2 Å². The fraction of sp³-hybridized carbons (Fsp3) is 0.800. The van der Waals surface area contributed by atoms with Crippen molar-refractivity contribution in [2.24, 2.45) is 10.9 Å². The molecule has 1 saturated heterocycles. The average molecular weight is 328 g/mol. The van der Waals surface area contributed by atoms with Crippen molar-refractivity contribution in [2.45, 2.75) is 39.2 Å². The van der Waals surface area contributed by atoms with Gasteiger partial charge in [0.15, 0.2) is 5.11 Å². The molecular formula is C15H28N4O2S. The lowest BCUT2D eigenvalue weighted by atomic mass is 9.97. The first-order valence-corrected chi connectivity index (χ1v) is 8.04. The topological polar surface area (TPSA) is 57.2 Å². The van der Waals surface area contributed by atoms with Gasteiger partial charge in [-0.3, -0.25) is 0 Å². The zero-order chi connectivity index (χ0) is 16.8. The molecule has 0 aromatic heterocycles. The van der Waals surface area contributed by atoms with Crippen molar-refractivity contribution in [2.75, 3.05) is 33.7 Å². The summed E-state index contributed by atoms with van der Waals surface area (Å²) < 4.78 is 5.39. The van der Waals surface area contributed by atoms with Gasteiger partial charge in [-0.25, -0.2) is 9.79 Å². The van der Waals surface area contributed by atoms with Crippen molar-refractivity contribution in [3.63, 3.8) is 0 Å². The highest BCUT2D eigenvalue weighted by Gasteiger charge is 2.26. The summed E-state index contributed by atoms with van der Waals surface area (Å²) in [7, 11) is 3.80. The zero-order valence-electron chi connectivity index (χ0n) is 14.3. The predicted octanol–water partition coefficient (Wildman–Crippen LogP) is 2.10. The van der Waals surface area contributed by atoms with Crippen LogP contribution in [0.4, 0.5) is 4.79 Å². The highest BCUT2D eigenvalue weighted by molar-refractivity contribution is 7.80. The number of ether oxygens (including phenoxy) is 1. The van der Waals surface area contributed by atoms with Crippen LogP contribution in [0.1, 0.15) is 33.6 Å². The standard InChI is InChI=1S/C15H28N4O2S/c1-15(2,3)21-14(20)19-8-6-12(7-9-19)10-16-13(22)17-11-18(4)5/h11-12H,6-10H2,1-5H3,(H,16,22)/b17-11-. The first-order valence-electron chi connectivity index (χ1n) is 7.64. The Morgan fingerprint density at radius 2 is 2.00 bits per heavy atom. The summed E-state index contributed by atoms with van der Waals surface area (Å²) >= 11 is 5.15. The van der Waals surface area contributed by atoms with Gasteiger partial charge < -0.3 is 19.9 Å². The van der Waals surface area contributed by atoms with Gasteiger partial charge in [0.1, 0.15) is 5.60 Å². The maximum Gasteiger partial charge on any atom is 0.410 e. The van der Waals surface area contributed by atoms with Crippen molar-refractivity contribution < 1.29 is 9.53 Å². The van der Waals surface area contributed by atoms with Gasteiger partial charge in [-0.05, 0) is 51.7 Å². The summed E-state index contributed by atoms with van der Waals surface area (Å²) in [5.74, 6) is 0.506. The van der Waals surface area contributed by atoms with E-state index in [0.717, 1.165) is 32.5 Å². The van der Waals surface area contributed by atoms with E-state index in [9.17, 15) is 4.79 Å². The molecule has 0 atom stereocenters. The van der Waals surface area contributed by atoms with Gasteiger partial charge in [0.25, 0.3) is 0 Å². The van der Waals surface area contributed by atoms with Crippen molar-refractivity contribution >= 4 is 29.8 Å². The third-order valence-electron chi connectivity index (χ3n) is 3.21. The van der Waals surface area contributed by atoms with E-state index in [4.69, 9.17) is 17.0 Å².